The van der Waals surface area contributed by atoms with Gasteiger partial charge in [0, 0.05) is 12.5 Å². The van der Waals surface area contributed by atoms with Crippen LogP contribution in [0.3, 0.4) is 0 Å². The highest BCUT2D eigenvalue weighted by molar-refractivity contribution is 5.77. The number of carboxylic acids is 1. The maximum absolute atomic E-state index is 12.5. The average Bonchev–Trinajstić information content (AvgIpc) is 2.85. The maximum Gasteiger partial charge on any atom is 0.329 e. The lowest BCUT2D eigenvalue weighted by Gasteiger charge is -2.29. The highest BCUT2D eigenvalue weighted by Crippen LogP contribution is 2.22. The van der Waals surface area contributed by atoms with Crippen molar-refractivity contribution in [1.82, 2.24) is 4.90 Å². The molecule has 1 fully saturated rings. The number of aliphatic hydroxyl groups is 1. The van der Waals surface area contributed by atoms with Gasteiger partial charge in [-0.1, -0.05) is 48.6 Å². The van der Waals surface area contributed by atoms with Gasteiger partial charge in [0.2, 0.25) is 5.91 Å². The van der Waals surface area contributed by atoms with E-state index in [4.69, 9.17) is 9.84 Å². The normalized spacial score (nSPS) is 18.1. The van der Waals surface area contributed by atoms with E-state index in [0.29, 0.717) is 25.8 Å². The van der Waals surface area contributed by atoms with Gasteiger partial charge in [0.25, 0.3) is 0 Å². The Kier molecular flexibility index (Phi) is 9.53. The van der Waals surface area contributed by atoms with Gasteiger partial charge in [-0.25, -0.2) is 4.79 Å². The molecule has 1 aliphatic rings. The second-order valence-corrected chi connectivity index (χ2v) is 7.08. The molecule has 0 saturated carbocycles. The van der Waals surface area contributed by atoms with Gasteiger partial charge in [-0.2, -0.15) is 0 Å². The molecular weight excluding hydrogens is 358 g/mol. The molecule has 1 amide bonds. The van der Waals surface area contributed by atoms with Crippen molar-refractivity contribution in [2.45, 2.75) is 57.1 Å². The lowest BCUT2D eigenvalue weighted by atomic mass is 9.98. The number of carboxylic acid groups (broad SMARTS) is 1. The van der Waals surface area contributed by atoms with Gasteiger partial charge in [-0.05, 0) is 37.7 Å². The number of ether oxygens (including phenoxy) is 1. The minimum absolute atomic E-state index is 0.0365. The van der Waals surface area contributed by atoms with Crippen molar-refractivity contribution in [3.63, 3.8) is 0 Å². The summed E-state index contributed by atoms with van der Waals surface area (Å²) >= 11 is 0. The first-order chi connectivity index (χ1) is 13.6. The number of rotatable bonds is 9. The summed E-state index contributed by atoms with van der Waals surface area (Å²) in [5.41, 5.74) is 1.11. The Morgan fingerprint density at radius 3 is 2.79 bits per heavy atom. The molecule has 1 aliphatic heterocycles. The molecule has 0 aliphatic carbocycles. The van der Waals surface area contributed by atoms with Gasteiger partial charge in [-0.3, -0.25) is 4.79 Å². The molecule has 0 spiro atoms. The number of carbonyl (C=O) groups excluding carboxylic acids is 1. The van der Waals surface area contributed by atoms with E-state index < -0.39 is 12.1 Å². The third-order valence-electron chi connectivity index (χ3n) is 4.86. The number of amides is 1. The molecule has 2 N–H and O–H groups in total. The summed E-state index contributed by atoms with van der Waals surface area (Å²) in [7, 11) is 0. The van der Waals surface area contributed by atoms with Crippen LogP contribution in [0.5, 0.6) is 0 Å². The van der Waals surface area contributed by atoms with Crippen molar-refractivity contribution in [1.29, 1.82) is 0 Å². The smallest absolute Gasteiger partial charge is 0.329 e. The van der Waals surface area contributed by atoms with Crippen molar-refractivity contribution in [3.8, 4) is 11.8 Å². The summed E-state index contributed by atoms with van der Waals surface area (Å²) in [6, 6.07) is 9.98. The van der Waals surface area contributed by atoms with Crippen LogP contribution in [-0.4, -0.2) is 58.9 Å². The largest absolute Gasteiger partial charge is 0.480 e. The fourth-order valence-corrected chi connectivity index (χ4v) is 3.43. The minimum atomic E-state index is -1.03. The quantitative estimate of drug-likeness (QED) is 0.501. The van der Waals surface area contributed by atoms with Gasteiger partial charge < -0.3 is 19.8 Å². The third kappa shape index (κ3) is 8.12. The SMILES string of the molecule is O=C(O)COCC#CCN1C(=O)CCCCC1CCC(O)Cc1ccccc1. The molecule has 6 heteroatoms. The Balaban J connectivity index is 1.85. The van der Waals surface area contributed by atoms with E-state index in [9.17, 15) is 14.7 Å². The lowest BCUT2D eigenvalue weighted by Crippen LogP contribution is -2.39. The molecule has 1 saturated heterocycles. The molecule has 2 rings (SSSR count). The number of likely N-dealkylation sites (tertiary alicyclic amines) is 1. The fourth-order valence-electron chi connectivity index (χ4n) is 3.43. The van der Waals surface area contributed by atoms with Crippen LogP contribution in [0.2, 0.25) is 0 Å². The zero-order valence-electron chi connectivity index (χ0n) is 16.2. The van der Waals surface area contributed by atoms with Gasteiger partial charge in [0.05, 0.1) is 12.6 Å². The number of benzene rings is 1. The summed E-state index contributed by atoms with van der Waals surface area (Å²) in [5.74, 6) is 4.76. The molecule has 0 aromatic heterocycles. The number of hydrogen-bond acceptors (Lipinski definition) is 4. The summed E-state index contributed by atoms with van der Waals surface area (Å²) in [6.07, 6.45) is 4.89. The summed E-state index contributed by atoms with van der Waals surface area (Å²) in [6.45, 7) is -0.0250. The van der Waals surface area contributed by atoms with Gasteiger partial charge in [0.1, 0.15) is 13.2 Å². The van der Waals surface area contributed by atoms with Crippen molar-refractivity contribution >= 4 is 11.9 Å². The molecule has 2 unspecified atom stereocenters. The highest BCUT2D eigenvalue weighted by atomic mass is 16.5. The van der Waals surface area contributed by atoms with Crippen LogP contribution in [0.15, 0.2) is 30.3 Å². The molecular formula is C22H29NO5. The molecule has 6 nitrogen and oxygen atoms in total. The molecule has 1 aromatic carbocycles. The third-order valence-corrected chi connectivity index (χ3v) is 4.86. The number of aliphatic hydroxyl groups excluding tert-OH is 1. The molecule has 2 atom stereocenters. The van der Waals surface area contributed by atoms with E-state index in [-0.39, 0.29) is 25.2 Å². The zero-order chi connectivity index (χ0) is 20.2. The summed E-state index contributed by atoms with van der Waals surface area (Å²) in [5, 5.41) is 18.9. The van der Waals surface area contributed by atoms with Crippen LogP contribution >= 0.6 is 0 Å². The molecule has 152 valence electrons. The molecule has 1 aromatic rings. The van der Waals surface area contributed by atoms with Crippen LogP contribution < -0.4 is 0 Å². The summed E-state index contributed by atoms with van der Waals surface area (Å²) < 4.78 is 4.89. The summed E-state index contributed by atoms with van der Waals surface area (Å²) in [4.78, 5) is 24.7. The van der Waals surface area contributed by atoms with E-state index in [0.717, 1.165) is 31.2 Å². The van der Waals surface area contributed by atoms with Crippen LogP contribution in [0, 0.1) is 11.8 Å². The fraction of sp³-hybridized carbons (Fsp3) is 0.545. The number of carbonyl (C=O) groups is 2. The second kappa shape index (κ2) is 12.2. The van der Waals surface area contributed by atoms with Crippen molar-refractivity contribution in [2.24, 2.45) is 0 Å². The lowest BCUT2D eigenvalue weighted by molar-refractivity contribution is -0.141. The maximum atomic E-state index is 12.5. The number of nitrogens with zero attached hydrogens (tertiary/aromatic N) is 1. The second-order valence-electron chi connectivity index (χ2n) is 7.08. The Hall–Kier alpha value is -2.36. The van der Waals surface area contributed by atoms with E-state index in [1.165, 1.54) is 0 Å². The van der Waals surface area contributed by atoms with E-state index in [1.807, 2.05) is 35.2 Å². The van der Waals surface area contributed by atoms with Gasteiger partial charge >= 0.3 is 5.97 Å². The molecule has 0 radical (unpaired) electrons. The monoisotopic (exact) mass is 387 g/mol. The van der Waals surface area contributed by atoms with Crippen molar-refractivity contribution < 1.29 is 24.5 Å². The minimum Gasteiger partial charge on any atom is -0.480 e. The Morgan fingerprint density at radius 1 is 1.25 bits per heavy atom. The Morgan fingerprint density at radius 2 is 2.04 bits per heavy atom. The first-order valence-electron chi connectivity index (χ1n) is 9.83. The van der Waals surface area contributed by atoms with E-state index >= 15 is 0 Å². The van der Waals surface area contributed by atoms with Gasteiger partial charge in [-0.15, -0.1) is 0 Å². The van der Waals surface area contributed by atoms with Gasteiger partial charge in [0.15, 0.2) is 0 Å². The predicted octanol–water partition coefficient (Wildman–Crippen LogP) is 2.25. The highest BCUT2D eigenvalue weighted by Gasteiger charge is 2.26. The van der Waals surface area contributed by atoms with E-state index in [2.05, 4.69) is 11.8 Å². The predicted molar refractivity (Wildman–Crippen MR) is 106 cm³/mol. The van der Waals surface area contributed by atoms with Crippen LogP contribution in [0.1, 0.15) is 44.1 Å². The standard InChI is InChI=1S/C22H29NO5/c24-20(16-18-8-2-1-3-9-18)13-12-19-10-4-5-11-21(25)23(19)14-6-7-15-28-17-22(26)27/h1-3,8-9,19-20,24H,4-5,10-17H2,(H,26,27). The Labute approximate surface area is 166 Å². The molecule has 1 heterocycles. The molecule has 28 heavy (non-hydrogen) atoms. The first-order valence-corrected chi connectivity index (χ1v) is 9.83. The average molecular weight is 387 g/mol. The number of hydrogen-bond donors (Lipinski definition) is 2. The molecule has 0 bridgehead atoms. The topological polar surface area (TPSA) is 87.1 Å². The number of aliphatic carboxylic acids is 1. The van der Waals surface area contributed by atoms with Crippen molar-refractivity contribution in [2.75, 3.05) is 19.8 Å². The Bertz CT molecular complexity index is 679. The van der Waals surface area contributed by atoms with Crippen LogP contribution in [0.4, 0.5) is 0 Å². The zero-order valence-corrected chi connectivity index (χ0v) is 16.2. The van der Waals surface area contributed by atoms with Crippen LogP contribution in [0.25, 0.3) is 0 Å². The first kappa shape index (κ1) is 21.9. The van der Waals surface area contributed by atoms with Crippen LogP contribution in [-0.2, 0) is 20.7 Å². The van der Waals surface area contributed by atoms with Crippen molar-refractivity contribution in [3.05, 3.63) is 35.9 Å². The van der Waals surface area contributed by atoms with E-state index in [1.54, 1.807) is 0 Å².